The van der Waals surface area contributed by atoms with E-state index >= 15 is 0 Å². The number of hydrogen-bond acceptors (Lipinski definition) is 3. The first-order chi connectivity index (χ1) is 8.28. The zero-order valence-electron chi connectivity index (χ0n) is 9.52. The molecule has 0 unspecified atom stereocenters. The quantitative estimate of drug-likeness (QED) is 0.798. The van der Waals surface area contributed by atoms with Crippen LogP contribution in [0.25, 0.3) is 0 Å². The van der Waals surface area contributed by atoms with Gasteiger partial charge in [0.2, 0.25) is 0 Å². The van der Waals surface area contributed by atoms with Crippen molar-refractivity contribution in [2.75, 3.05) is 0 Å². The molecule has 0 saturated carbocycles. The van der Waals surface area contributed by atoms with Gasteiger partial charge in [0.1, 0.15) is 5.84 Å². The number of nitrogens with zero attached hydrogens (tertiary/aromatic N) is 1. The monoisotopic (exact) mass is 298 g/mol. The Balaban J connectivity index is 0.00000120. The number of fused-ring (bicyclic) bond motifs is 2. The van der Waals surface area contributed by atoms with Crippen LogP contribution >= 0.6 is 35.3 Å². The summed E-state index contributed by atoms with van der Waals surface area (Å²) in [6, 6.07) is 8.28. The van der Waals surface area contributed by atoms with Crippen LogP contribution in [0.1, 0.15) is 21.6 Å². The fraction of sp³-hybridized carbons (Fsp3) is 0.154. The van der Waals surface area contributed by atoms with E-state index in [1.54, 1.807) is 11.3 Å². The molecule has 0 spiro atoms. The van der Waals surface area contributed by atoms with Gasteiger partial charge in [0, 0.05) is 12.3 Å². The summed E-state index contributed by atoms with van der Waals surface area (Å²) < 4.78 is 0. The molecule has 2 heterocycles. The lowest BCUT2D eigenvalue weighted by Crippen LogP contribution is -2.11. The molecule has 2 aromatic rings. The molecule has 1 aromatic heterocycles. The molecule has 2 N–H and O–H groups in total. The van der Waals surface area contributed by atoms with Crippen LogP contribution in [0.2, 0.25) is 0 Å². The summed E-state index contributed by atoms with van der Waals surface area (Å²) in [5.41, 5.74) is 10.5. The molecule has 0 radical (unpaired) electrons. The van der Waals surface area contributed by atoms with Gasteiger partial charge in [0.15, 0.2) is 0 Å². The summed E-state index contributed by atoms with van der Waals surface area (Å²) in [5, 5.41) is 2.06. The summed E-state index contributed by atoms with van der Waals surface area (Å²) in [7, 11) is 0. The Kier molecular flexibility index (Phi) is 3.95. The maximum Gasteiger partial charge on any atom is 0.141 e. The first kappa shape index (κ1) is 13.4. The van der Waals surface area contributed by atoms with Gasteiger partial charge in [-0.15, -0.1) is 35.3 Å². The highest BCUT2D eigenvalue weighted by molar-refractivity contribution is 7.12. The molecular weight excluding hydrogens is 287 g/mol. The molecule has 18 heavy (non-hydrogen) atoms. The molecule has 0 bridgehead atoms. The predicted octanol–water partition coefficient (Wildman–Crippen LogP) is 3.85. The third-order valence-corrected chi connectivity index (χ3v) is 4.19. The molecular formula is C13H12Cl2N2S. The summed E-state index contributed by atoms with van der Waals surface area (Å²) in [5.74, 6) is 1.12. The van der Waals surface area contributed by atoms with E-state index in [0.29, 0.717) is 11.7 Å². The summed E-state index contributed by atoms with van der Waals surface area (Å²) in [6.45, 7) is 0. The Morgan fingerprint density at radius 1 is 1.28 bits per heavy atom. The minimum Gasteiger partial charge on any atom is -0.382 e. The normalized spacial score (nSPS) is 12.8. The number of benzene rings is 1. The van der Waals surface area contributed by atoms with Crippen molar-refractivity contribution in [1.29, 1.82) is 0 Å². The molecule has 1 aliphatic rings. The topological polar surface area (TPSA) is 38.4 Å². The Labute approximate surface area is 121 Å². The number of thiophene rings is 1. The first-order valence-corrected chi connectivity index (χ1v) is 6.78. The van der Waals surface area contributed by atoms with Crippen LogP contribution in [0, 0.1) is 0 Å². The van der Waals surface area contributed by atoms with Crippen LogP contribution in [0.4, 0.5) is 5.69 Å². The second kappa shape index (κ2) is 5.31. The largest absolute Gasteiger partial charge is 0.382 e. The van der Waals surface area contributed by atoms with Gasteiger partial charge in [-0.25, -0.2) is 4.99 Å². The van der Waals surface area contributed by atoms with Crippen molar-refractivity contribution >= 4 is 46.9 Å². The molecule has 0 amide bonds. The molecule has 3 rings (SSSR count). The summed E-state index contributed by atoms with van der Waals surface area (Å²) in [4.78, 5) is 5.60. The standard InChI is InChI=1S/C13H11ClN2S.ClH/c14-7-8-1-2-9-6-10-3-4-17-12(10)13(15)16-11(9)5-8;/h1-5H,6-7H2,(H2,15,16);1H. The van der Waals surface area contributed by atoms with Crippen molar-refractivity contribution in [2.45, 2.75) is 12.3 Å². The second-order valence-electron chi connectivity index (χ2n) is 4.05. The van der Waals surface area contributed by atoms with E-state index < -0.39 is 0 Å². The Morgan fingerprint density at radius 3 is 2.89 bits per heavy atom. The highest BCUT2D eigenvalue weighted by Crippen LogP contribution is 2.31. The first-order valence-electron chi connectivity index (χ1n) is 5.36. The van der Waals surface area contributed by atoms with Crippen LogP contribution in [-0.4, -0.2) is 5.84 Å². The molecule has 0 atom stereocenters. The lowest BCUT2D eigenvalue weighted by molar-refractivity contribution is 1.20. The van der Waals surface area contributed by atoms with E-state index in [1.165, 1.54) is 11.1 Å². The van der Waals surface area contributed by atoms with Crippen molar-refractivity contribution in [3.8, 4) is 0 Å². The smallest absolute Gasteiger partial charge is 0.141 e. The number of hydrogen-bond donors (Lipinski definition) is 1. The molecule has 5 heteroatoms. The highest BCUT2D eigenvalue weighted by atomic mass is 35.5. The lowest BCUT2D eigenvalue weighted by Gasteiger charge is -2.04. The number of rotatable bonds is 1. The van der Waals surface area contributed by atoms with Gasteiger partial charge in [-0.3, -0.25) is 0 Å². The van der Waals surface area contributed by atoms with Crippen molar-refractivity contribution in [2.24, 2.45) is 10.7 Å². The summed E-state index contributed by atoms with van der Waals surface area (Å²) in [6.07, 6.45) is 0.890. The number of aliphatic imine (C=N–C) groups is 1. The third kappa shape index (κ3) is 2.26. The Bertz CT molecular complexity index is 605. The number of halogens is 2. The molecule has 1 aliphatic heterocycles. The van der Waals surface area contributed by atoms with Gasteiger partial charge in [-0.1, -0.05) is 12.1 Å². The molecule has 0 fully saturated rings. The van der Waals surface area contributed by atoms with Crippen molar-refractivity contribution in [1.82, 2.24) is 0 Å². The predicted molar refractivity (Wildman–Crippen MR) is 80.8 cm³/mol. The van der Waals surface area contributed by atoms with E-state index in [9.17, 15) is 0 Å². The fourth-order valence-corrected chi connectivity index (χ4v) is 3.02. The Morgan fingerprint density at radius 2 is 2.11 bits per heavy atom. The average molecular weight is 299 g/mol. The molecule has 0 saturated heterocycles. The number of alkyl halides is 1. The van der Waals surface area contributed by atoms with E-state index in [4.69, 9.17) is 17.3 Å². The molecule has 2 nitrogen and oxygen atoms in total. The minimum atomic E-state index is 0. The molecule has 94 valence electrons. The van der Waals surface area contributed by atoms with E-state index in [2.05, 4.69) is 28.6 Å². The average Bonchev–Trinajstić information content (AvgIpc) is 2.75. The Hall–Kier alpha value is -1.03. The SMILES string of the molecule is Cl.NC1=Nc2cc(CCl)ccc2Cc2ccsc21. The third-order valence-electron chi connectivity index (χ3n) is 2.91. The van der Waals surface area contributed by atoms with Gasteiger partial charge in [-0.2, -0.15) is 0 Å². The zero-order valence-corrected chi connectivity index (χ0v) is 11.9. The lowest BCUT2D eigenvalue weighted by atomic mass is 10.0. The number of amidine groups is 1. The van der Waals surface area contributed by atoms with Crippen molar-refractivity contribution in [3.05, 3.63) is 51.2 Å². The van der Waals surface area contributed by atoms with Crippen LogP contribution in [0.5, 0.6) is 0 Å². The summed E-state index contributed by atoms with van der Waals surface area (Å²) >= 11 is 7.48. The number of nitrogens with two attached hydrogens (primary N) is 1. The van der Waals surface area contributed by atoms with Gasteiger partial charge in [0.25, 0.3) is 0 Å². The maximum absolute atomic E-state index is 6.02. The van der Waals surface area contributed by atoms with Crippen LogP contribution in [-0.2, 0) is 12.3 Å². The minimum absolute atomic E-state index is 0. The van der Waals surface area contributed by atoms with Crippen LogP contribution < -0.4 is 5.73 Å². The van der Waals surface area contributed by atoms with Gasteiger partial charge in [-0.05, 0) is 34.2 Å². The van der Waals surface area contributed by atoms with E-state index in [0.717, 1.165) is 22.5 Å². The van der Waals surface area contributed by atoms with Gasteiger partial charge in [0.05, 0.1) is 10.6 Å². The fourth-order valence-electron chi connectivity index (χ4n) is 2.03. The van der Waals surface area contributed by atoms with Gasteiger partial charge < -0.3 is 5.73 Å². The van der Waals surface area contributed by atoms with E-state index in [1.807, 2.05) is 6.07 Å². The second-order valence-corrected chi connectivity index (χ2v) is 5.23. The van der Waals surface area contributed by atoms with Crippen molar-refractivity contribution < 1.29 is 0 Å². The zero-order chi connectivity index (χ0) is 11.8. The van der Waals surface area contributed by atoms with Crippen molar-refractivity contribution in [3.63, 3.8) is 0 Å². The highest BCUT2D eigenvalue weighted by Gasteiger charge is 2.15. The van der Waals surface area contributed by atoms with E-state index in [-0.39, 0.29) is 12.4 Å². The van der Waals surface area contributed by atoms with Crippen LogP contribution in [0.3, 0.4) is 0 Å². The van der Waals surface area contributed by atoms with Gasteiger partial charge >= 0.3 is 0 Å². The molecule has 1 aromatic carbocycles. The maximum atomic E-state index is 6.02. The molecule has 0 aliphatic carbocycles. The van der Waals surface area contributed by atoms with Crippen LogP contribution in [0.15, 0.2) is 34.6 Å².